The Morgan fingerprint density at radius 1 is 1.53 bits per heavy atom. The van der Waals surface area contributed by atoms with Crippen LogP contribution in [0, 0.1) is 0 Å². The van der Waals surface area contributed by atoms with Gasteiger partial charge in [-0.05, 0) is 19.1 Å². The number of hydrogen-bond donors (Lipinski definition) is 1. The van der Waals surface area contributed by atoms with Crippen LogP contribution >= 0.6 is 15.9 Å². The summed E-state index contributed by atoms with van der Waals surface area (Å²) in [5.74, 6) is -0.365. The summed E-state index contributed by atoms with van der Waals surface area (Å²) in [5, 5.41) is 6.71. The molecule has 88 valence electrons. The molecule has 0 amide bonds. The van der Waals surface area contributed by atoms with E-state index in [1.165, 1.54) is 6.20 Å². The third-order valence-electron chi connectivity index (χ3n) is 2.25. The first-order valence-corrected chi connectivity index (χ1v) is 5.98. The molecule has 1 heterocycles. The first-order chi connectivity index (χ1) is 8.22. The van der Waals surface area contributed by atoms with Gasteiger partial charge in [0, 0.05) is 10.0 Å². The highest BCUT2D eigenvalue weighted by molar-refractivity contribution is 9.10. The normalized spacial score (nSPS) is 10.2. The largest absolute Gasteiger partial charge is 0.462 e. The zero-order valence-electron chi connectivity index (χ0n) is 9.24. The molecule has 17 heavy (non-hydrogen) atoms. The van der Waals surface area contributed by atoms with E-state index < -0.39 is 0 Å². The van der Waals surface area contributed by atoms with E-state index >= 15 is 0 Å². The third kappa shape index (κ3) is 2.55. The lowest BCUT2D eigenvalue weighted by Gasteiger charge is -2.03. The molecule has 0 aliphatic heterocycles. The number of carbonyl (C=O) groups excluding carboxylic acids is 1. The Labute approximate surface area is 107 Å². The number of hydrogen-bond acceptors (Lipinski definition) is 3. The minimum Gasteiger partial charge on any atom is -0.462 e. The van der Waals surface area contributed by atoms with E-state index in [2.05, 4.69) is 26.1 Å². The van der Waals surface area contributed by atoms with Crippen molar-refractivity contribution in [2.24, 2.45) is 0 Å². The van der Waals surface area contributed by atoms with Crippen molar-refractivity contribution in [1.82, 2.24) is 10.2 Å². The van der Waals surface area contributed by atoms with Gasteiger partial charge in [0.25, 0.3) is 0 Å². The van der Waals surface area contributed by atoms with Gasteiger partial charge in [-0.25, -0.2) is 4.79 Å². The van der Waals surface area contributed by atoms with Crippen LogP contribution in [-0.2, 0) is 4.74 Å². The van der Waals surface area contributed by atoms with E-state index in [0.29, 0.717) is 17.9 Å². The molecule has 5 heteroatoms. The van der Waals surface area contributed by atoms with Crippen molar-refractivity contribution in [3.8, 4) is 11.3 Å². The molecule has 4 nitrogen and oxygen atoms in total. The molecule has 0 fully saturated rings. The molecule has 1 aromatic heterocycles. The van der Waals surface area contributed by atoms with Crippen LogP contribution in [-0.4, -0.2) is 22.8 Å². The Morgan fingerprint density at radius 2 is 2.35 bits per heavy atom. The van der Waals surface area contributed by atoms with Crippen LogP contribution in [0.25, 0.3) is 11.3 Å². The highest BCUT2D eigenvalue weighted by Gasteiger charge is 2.16. The minimum atomic E-state index is -0.365. The van der Waals surface area contributed by atoms with Gasteiger partial charge in [-0.2, -0.15) is 5.10 Å². The average Bonchev–Trinajstić information content (AvgIpc) is 2.78. The topological polar surface area (TPSA) is 55.0 Å². The standard InChI is InChI=1S/C12H11BrN2O2/c1-2-17-12(16)10-7-14-15-11(10)8-4-3-5-9(13)6-8/h3-7H,2H2,1H3,(H,14,15). The van der Waals surface area contributed by atoms with E-state index in [0.717, 1.165) is 10.0 Å². The first-order valence-electron chi connectivity index (χ1n) is 5.18. The van der Waals surface area contributed by atoms with Crippen LogP contribution in [0.4, 0.5) is 0 Å². The van der Waals surface area contributed by atoms with Crippen LogP contribution in [0.2, 0.25) is 0 Å². The molecular formula is C12H11BrN2O2. The summed E-state index contributed by atoms with van der Waals surface area (Å²) in [4.78, 5) is 11.7. The van der Waals surface area contributed by atoms with Gasteiger partial charge in [-0.1, -0.05) is 28.1 Å². The summed E-state index contributed by atoms with van der Waals surface area (Å²) >= 11 is 3.39. The smallest absolute Gasteiger partial charge is 0.341 e. The fourth-order valence-electron chi connectivity index (χ4n) is 1.51. The number of esters is 1. The number of aromatic nitrogens is 2. The number of ether oxygens (including phenoxy) is 1. The van der Waals surface area contributed by atoms with Gasteiger partial charge >= 0.3 is 5.97 Å². The molecule has 0 spiro atoms. The van der Waals surface area contributed by atoms with Crippen LogP contribution in [0.1, 0.15) is 17.3 Å². The monoisotopic (exact) mass is 294 g/mol. The van der Waals surface area contributed by atoms with Crippen molar-refractivity contribution in [3.05, 3.63) is 40.5 Å². The minimum absolute atomic E-state index is 0.349. The Kier molecular flexibility index (Phi) is 3.58. The van der Waals surface area contributed by atoms with Gasteiger partial charge < -0.3 is 4.74 Å². The molecule has 1 aromatic carbocycles. The average molecular weight is 295 g/mol. The van der Waals surface area contributed by atoms with Crippen molar-refractivity contribution in [1.29, 1.82) is 0 Å². The Hall–Kier alpha value is -1.62. The molecular weight excluding hydrogens is 284 g/mol. The summed E-state index contributed by atoms with van der Waals surface area (Å²) in [5.41, 5.74) is 2.01. The summed E-state index contributed by atoms with van der Waals surface area (Å²) < 4.78 is 5.91. The summed E-state index contributed by atoms with van der Waals surface area (Å²) in [6.45, 7) is 2.12. The van der Waals surface area contributed by atoms with E-state index in [9.17, 15) is 4.79 Å². The van der Waals surface area contributed by atoms with Crippen molar-refractivity contribution >= 4 is 21.9 Å². The molecule has 0 bridgehead atoms. The lowest BCUT2D eigenvalue weighted by atomic mass is 10.1. The lowest BCUT2D eigenvalue weighted by molar-refractivity contribution is 0.0527. The highest BCUT2D eigenvalue weighted by Crippen LogP contribution is 2.24. The van der Waals surface area contributed by atoms with Gasteiger partial charge in [0.05, 0.1) is 18.5 Å². The first kappa shape index (κ1) is 11.9. The molecule has 2 aromatic rings. The fourth-order valence-corrected chi connectivity index (χ4v) is 1.91. The fraction of sp³-hybridized carbons (Fsp3) is 0.167. The van der Waals surface area contributed by atoms with Crippen molar-refractivity contribution < 1.29 is 9.53 Å². The molecule has 1 N–H and O–H groups in total. The van der Waals surface area contributed by atoms with E-state index in [1.54, 1.807) is 6.92 Å². The number of halogens is 1. The summed E-state index contributed by atoms with van der Waals surface area (Å²) in [6.07, 6.45) is 1.48. The molecule has 0 aliphatic rings. The molecule has 0 saturated heterocycles. The molecule has 2 rings (SSSR count). The Bertz CT molecular complexity index is 537. The molecule has 0 unspecified atom stereocenters. The predicted molar refractivity (Wildman–Crippen MR) is 67.7 cm³/mol. The van der Waals surface area contributed by atoms with Crippen molar-refractivity contribution in [2.45, 2.75) is 6.92 Å². The number of nitrogens with one attached hydrogen (secondary N) is 1. The van der Waals surface area contributed by atoms with Gasteiger partial charge in [-0.15, -0.1) is 0 Å². The number of aromatic amines is 1. The number of H-pyrrole nitrogens is 1. The lowest BCUT2D eigenvalue weighted by Crippen LogP contribution is -2.04. The van der Waals surface area contributed by atoms with Crippen LogP contribution in [0.5, 0.6) is 0 Å². The van der Waals surface area contributed by atoms with E-state index in [1.807, 2.05) is 24.3 Å². The van der Waals surface area contributed by atoms with Gasteiger partial charge in [0.2, 0.25) is 0 Å². The Balaban J connectivity index is 2.40. The highest BCUT2D eigenvalue weighted by atomic mass is 79.9. The quantitative estimate of drug-likeness (QED) is 0.886. The maximum absolute atomic E-state index is 11.7. The van der Waals surface area contributed by atoms with Crippen molar-refractivity contribution in [2.75, 3.05) is 6.61 Å². The van der Waals surface area contributed by atoms with Crippen molar-refractivity contribution in [3.63, 3.8) is 0 Å². The Morgan fingerprint density at radius 3 is 3.06 bits per heavy atom. The third-order valence-corrected chi connectivity index (χ3v) is 2.74. The summed E-state index contributed by atoms with van der Waals surface area (Å²) in [7, 11) is 0. The van der Waals surface area contributed by atoms with E-state index in [-0.39, 0.29) is 5.97 Å². The zero-order chi connectivity index (χ0) is 12.3. The second kappa shape index (κ2) is 5.14. The van der Waals surface area contributed by atoms with Gasteiger partial charge in [0.15, 0.2) is 0 Å². The van der Waals surface area contributed by atoms with Crippen LogP contribution in [0.3, 0.4) is 0 Å². The van der Waals surface area contributed by atoms with Crippen LogP contribution < -0.4 is 0 Å². The van der Waals surface area contributed by atoms with Gasteiger partial charge in [-0.3, -0.25) is 5.10 Å². The SMILES string of the molecule is CCOC(=O)c1cn[nH]c1-c1cccc(Br)c1. The number of nitrogens with zero attached hydrogens (tertiary/aromatic N) is 1. The number of rotatable bonds is 3. The second-order valence-corrected chi connectivity index (χ2v) is 4.31. The number of benzene rings is 1. The maximum atomic E-state index is 11.7. The summed E-state index contributed by atoms with van der Waals surface area (Å²) in [6, 6.07) is 7.64. The molecule has 0 atom stereocenters. The molecule has 0 radical (unpaired) electrons. The number of carbonyl (C=O) groups is 1. The molecule has 0 saturated carbocycles. The van der Waals surface area contributed by atoms with Gasteiger partial charge in [0.1, 0.15) is 5.56 Å². The van der Waals surface area contributed by atoms with Crippen LogP contribution in [0.15, 0.2) is 34.9 Å². The predicted octanol–water partition coefficient (Wildman–Crippen LogP) is 3.02. The zero-order valence-corrected chi connectivity index (χ0v) is 10.8. The molecule has 0 aliphatic carbocycles. The van der Waals surface area contributed by atoms with E-state index in [4.69, 9.17) is 4.74 Å². The maximum Gasteiger partial charge on any atom is 0.341 e. The second-order valence-electron chi connectivity index (χ2n) is 3.39.